The van der Waals surface area contributed by atoms with Gasteiger partial charge in [0.2, 0.25) is 5.91 Å². The van der Waals surface area contributed by atoms with Crippen LogP contribution in [-0.4, -0.2) is 54.1 Å². The summed E-state index contributed by atoms with van der Waals surface area (Å²) in [7, 11) is 0. The lowest BCUT2D eigenvalue weighted by atomic mass is 9.92. The van der Waals surface area contributed by atoms with Gasteiger partial charge >= 0.3 is 0 Å². The minimum atomic E-state index is -0.308. The summed E-state index contributed by atoms with van der Waals surface area (Å²) < 4.78 is 0.988. The Kier molecular flexibility index (Phi) is 4.68. The molecule has 6 heteroatoms. The van der Waals surface area contributed by atoms with Gasteiger partial charge in [-0.15, -0.1) is 0 Å². The molecule has 0 saturated carbocycles. The zero-order valence-corrected chi connectivity index (χ0v) is 14.6. The van der Waals surface area contributed by atoms with Crippen LogP contribution in [0.5, 0.6) is 0 Å². The SMILES string of the molecule is CCC1(C(=O)N2CCN(c3ccc(Br)cn3)CC2)CCCN1. The van der Waals surface area contributed by atoms with Gasteiger partial charge < -0.3 is 15.1 Å². The van der Waals surface area contributed by atoms with E-state index in [4.69, 9.17) is 0 Å². The van der Waals surface area contributed by atoms with Gasteiger partial charge in [0.25, 0.3) is 0 Å². The second-order valence-electron chi connectivity index (χ2n) is 6.08. The van der Waals surface area contributed by atoms with Gasteiger partial charge in [0, 0.05) is 36.8 Å². The Balaban J connectivity index is 1.61. The lowest BCUT2D eigenvalue weighted by Crippen LogP contribution is -2.59. The maximum atomic E-state index is 12.9. The number of nitrogens with zero attached hydrogens (tertiary/aromatic N) is 3. The molecule has 1 atom stereocenters. The van der Waals surface area contributed by atoms with E-state index in [0.717, 1.165) is 62.3 Å². The van der Waals surface area contributed by atoms with Crippen LogP contribution in [0.2, 0.25) is 0 Å². The Hall–Kier alpha value is -1.14. The number of hydrogen-bond acceptors (Lipinski definition) is 4. The fourth-order valence-corrected chi connectivity index (χ4v) is 3.67. The molecule has 0 aromatic carbocycles. The average molecular weight is 367 g/mol. The Morgan fingerprint density at radius 2 is 2.14 bits per heavy atom. The molecule has 1 aromatic heterocycles. The Morgan fingerprint density at radius 3 is 2.68 bits per heavy atom. The molecule has 0 radical (unpaired) electrons. The van der Waals surface area contributed by atoms with E-state index in [0.29, 0.717) is 0 Å². The van der Waals surface area contributed by atoms with Crippen LogP contribution in [0.15, 0.2) is 22.8 Å². The van der Waals surface area contributed by atoms with E-state index in [9.17, 15) is 4.79 Å². The lowest BCUT2D eigenvalue weighted by Gasteiger charge is -2.40. The first kappa shape index (κ1) is 15.7. The standard InChI is InChI=1S/C16H23BrN4O/c1-2-16(6-3-7-19-16)15(22)21-10-8-20(9-11-21)14-5-4-13(17)12-18-14/h4-5,12,19H,2-3,6-11H2,1H3. The van der Waals surface area contributed by atoms with Gasteiger partial charge in [-0.2, -0.15) is 0 Å². The van der Waals surface area contributed by atoms with Crippen LogP contribution >= 0.6 is 15.9 Å². The maximum Gasteiger partial charge on any atom is 0.242 e. The molecule has 120 valence electrons. The van der Waals surface area contributed by atoms with Crippen molar-refractivity contribution in [2.24, 2.45) is 0 Å². The molecule has 1 N–H and O–H groups in total. The molecule has 3 rings (SSSR count). The molecule has 2 fully saturated rings. The summed E-state index contributed by atoms with van der Waals surface area (Å²) in [6.07, 6.45) is 4.76. The van der Waals surface area contributed by atoms with Crippen molar-refractivity contribution in [1.82, 2.24) is 15.2 Å². The minimum absolute atomic E-state index is 0.288. The molecule has 0 spiro atoms. The molecule has 0 aliphatic carbocycles. The van der Waals surface area contributed by atoms with Crippen LogP contribution in [-0.2, 0) is 4.79 Å². The van der Waals surface area contributed by atoms with E-state index in [2.05, 4.69) is 38.1 Å². The Bertz CT molecular complexity index is 519. The molecule has 3 heterocycles. The third kappa shape index (κ3) is 2.99. The summed E-state index contributed by atoms with van der Waals surface area (Å²) in [6.45, 7) is 6.32. The van der Waals surface area contributed by atoms with Crippen LogP contribution < -0.4 is 10.2 Å². The minimum Gasteiger partial charge on any atom is -0.353 e. The van der Waals surface area contributed by atoms with Crippen molar-refractivity contribution in [3.63, 3.8) is 0 Å². The number of amides is 1. The fraction of sp³-hybridized carbons (Fsp3) is 0.625. The van der Waals surface area contributed by atoms with Gasteiger partial charge in [-0.05, 0) is 53.9 Å². The van der Waals surface area contributed by atoms with E-state index in [1.165, 1.54) is 0 Å². The van der Waals surface area contributed by atoms with Gasteiger partial charge in [0.05, 0.1) is 5.54 Å². The number of nitrogens with one attached hydrogen (secondary N) is 1. The molecule has 2 saturated heterocycles. The lowest BCUT2D eigenvalue weighted by molar-refractivity contribution is -0.138. The first-order chi connectivity index (χ1) is 10.6. The van der Waals surface area contributed by atoms with Gasteiger partial charge in [-0.3, -0.25) is 4.79 Å². The van der Waals surface area contributed by atoms with Crippen molar-refractivity contribution < 1.29 is 4.79 Å². The van der Waals surface area contributed by atoms with Gasteiger partial charge in [-0.1, -0.05) is 6.92 Å². The van der Waals surface area contributed by atoms with Crippen LogP contribution in [0.1, 0.15) is 26.2 Å². The van der Waals surface area contributed by atoms with E-state index in [1.54, 1.807) is 0 Å². The Labute approximate surface area is 140 Å². The number of piperazine rings is 1. The second-order valence-corrected chi connectivity index (χ2v) is 7.00. The van der Waals surface area contributed by atoms with Crippen LogP contribution in [0.25, 0.3) is 0 Å². The van der Waals surface area contributed by atoms with E-state index < -0.39 is 0 Å². The predicted molar refractivity (Wildman–Crippen MR) is 91.0 cm³/mol. The van der Waals surface area contributed by atoms with Crippen molar-refractivity contribution in [3.8, 4) is 0 Å². The summed E-state index contributed by atoms with van der Waals surface area (Å²) in [5.41, 5.74) is -0.308. The predicted octanol–water partition coefficient (Wildman–Crippen LogP) is 2.02. The van der Waals surface area contributed by atoms with Gasteiger partial charge in [-0.25, -0.2) is 4.98 Å². The molecule has 1 unspecified atom stereocenters. The number of pyridine rings is 1. The molecule has 5 nitrogen and oxygen atoms in total. The number of aromatic nitrogens is 1. The molecule has 1 aromatic rings. The number of halogens is 1. The van der Waals surface area contributed by atoms with Crippen LogP contribution in [0, 0.1) is 0 Å². The average Bonchev–Trinajstić information content (AvgIpc) is 3.05. The van der Waals surface area contributed by atoms with E-state index >= 15 is 0 Å². The molecule has 0 bridgehead atoms. The first-order valence-electron chi connectivity index (χ1n) is 8.05. The highest BCUT2D eigenvalue weighted by Gasteiger charge is 2.42. The summed E-state index contributed by atoms with van der Waals surface area (Å²) in [4.78, 5) is 21.6. The van der Waals surface area contributed by atoms with Gasteiger partial charge in [0.1, 0.15) is 5.82 Å². The highest BCUT2D eigenvalue weighted by atomic mass is 79.9. The van der Waals surface area contributed by atoms with E-state index in [-0.39, 0.29) is 11.4 Å². The monoisotopic (exact) mass is 366 g/mol. The zero-order valence-electron chi connectivity index (χ0n) is 13.0. The zero-order chi connectivity index (χ0) is 15.6. The summed E-state index contributed by atoms with van der Waals surface area (Å²) in [5.74, 6) is 1.27. The third-order valence-electron chi connectivity index (χ3n) is 4.86. The molecule has 1 amide bonds. The fourth-order valence-electron chi connectivity index (χ4n) is 3.44. The third-order valence-corrected chi connectivity index (χ3v) is 5.33. The summed E-state index contributed by atoms with van der Waals surface area (Å²) >= 11 is 3.41. The number of rotatable bonds is 3. The smallest absolute Gasteiger partial charge is 0.242 e. The largest absolute Gasteiger partial charge is 0.353 e. The highest BCUT2D eigenvalue weighted by Crippen LogP contribution is 2.26. The topological polar surface area (TPSA) is 48.5 Å². The second kappa shape index (κ2) is 6.54. The number of carbonyl (C=O) groups is 1. The Morgan fingerprint density at radius 1 is 1.36 bits per heavy atom. The van der Waals surface area contributed by atoms with Gasteiger partial charge in [0.15, 0.2) is 0 Å². The molecule has 2 aliphatic rings. The molecule has 2 aliphatic heterocycles. The van der Waals surface area contributed by atoms with Crippen molar-refractivity contribution in [3.05, 3.63) is 22.8 Å². The van der Waals surface area contributed by atoms with Crippen molar-refractivity contribution >= 4 is 27.7 Å². The molecular formula is C16H23BrN4O. The van der Waals surface area contributed by atoms with Crippen LogP contribution in [0.3, 0.4) is 0 Å². The maximum absolute atomic E-state index is 12.9. The normalized spacial score (nSPS) is 25.5. The van der Waals surface area contributed by atoms with Crippen molar-refractivity contribution in [2.75, 3.05) is 37.6 Å². The van der Waals surface area contributed by atoms with Crippen molar-refractivity contribution in [1.29, 1.82) is 0 Å². The van der Waals surface area contributed by atoms with E-state index in [1.807, 2.05) is 23.2 Å². The number of carbonyl (C=O) groups excluding carboxylic acids is 1. The van der Waals surface area contributed by atoms with Crippen LogP contribution in [0.4, 0.5) is 5.82 Å². The molecular weight excluding hydrogens is 344 g/mol. The summed E-state index contributed by atoms with van der Waals surface area (Å²) in [5, 5.41) is 3.44. The number of hydrogen-bond donors (Lipinski definition) is 1. The quantitative estimate of drug-likeness (QED) is 0.888. The number of anilines is 1. The van der Waals surface area contributed by atoms with Crippen molar-refractivity contribution in [2.45, 2.75) is 31.7 Å². The highest BCUT2D eigenvalue weighted by molar-refractivity contribution is 9.10. The first-order valence-corrected chi connectivity index (χ1v) is 8.85. The summed E-state index contributed by atoms with van der Waals surface area (Å²) in [6, 6.07) is 4.03. The molecule has 22 heavy (non-hydrogen) atoms.